The highest BCUT2D eigenvalue weighted by Crippen LogP contribution is 2.20. The lowest BCUT2D eigenvalue weighted by Gasteiger charge is -2.32. The first-order chi connectivity index (χ1) is 13.5. The first-order valence-electron chi connectivity index (χ1n) is 9.52. The Labute approximate surface area is 164 Å². The highest BCUT2D eigenvalue weighted by atomic mass is 16.2. The lowest BCUT2D eigenvalue weighted by molar-refractivity contribution is 0.0710. The molecule has 0 bridgehead atoms. The maximum atomic E-state index is 13.1. The number of aryl methyl sites for hydroxylation is 1. The van der Waals surface area contributed by atoms with Crippen molar-refractivity contribution in [1.29, 1.82) is 0 Å². The Morgan fingerprint density at radius 1 is 1.21 bits per heavy atom. The van der Waals surface area contributed by atoms with Crippen molar-refractivity contribution in [1.82, 2.24) is 24.3 Å². The molecule has 4 rings (SSSR count). The lowest BCUT2D eigenvalue weighted by atomic mass is 10.0. The number of hydrogen-bond acceptors (Lipinski definition) is 6. The lowest BCUT2D eigenvalue weighted by Crippen LogP contribution is -2.43. The normalized spacial score (nSPS) is 15.0. The molecule has 4 heterocycles. The Morgan fingerprint density at radius 2 is 2.00 bits per heavy atom. The van der Waals surface area contributed by atoms with Gasteiger partial charge in [0, 0.05) is 45.5 Å². The van der Waals surface area contributed by atoms with Gasteiger partial charge in [-0.3, -0.25) is 9.20 Å². The van der Waals surface area contributed by atoms with Crippen molar-refractivity contribution in [2.75, 3.05) is 37.4 Å². The molecular formula is C20H25N7O. The Balaban J connectivity index is 1.42. The Kier molecular flexibility index (Phi) is 4.85. The molecule has 0 saturated carbocycles. The fourth-order valence-electron chi connectivity index (χ4n) is 3.63. The van der Waals surface area contributed by atoms with E-state index in [4.69, 9.17) is 0 Å². The molecule has 1 amide bonds. The van der Waals surface area contributed by atoms with Crippen LogP contribution in [0.5, 0.6) is 0 Å². The zero-order valence-corrected chi connectivity index (χ0v) is 16.5. The van der Waals surface area contributed by atoms with E-state index in [0.717, 1.165) is 35.8 Å². The van der Waals surface area contributed by atoms with E-state index in [-0.39, 0.29) is 11.9 Å². The number of pyridine rings is 1. The molecule has 0 atom stereocenters. The largest absolute Gasteiger partial charge is 0.367 e. The molecule has 8 nitrogen and oxygen atoms in total. The first-order valence-corrected chi connectivity index (χ1v) is 9.52. The summed E-state index contributed by atoms with van der Waals surface area (Å²) in [6.07, 6.45) is 5.23. The van der Waals surface area contributed by atoms with Crippen LogP contribution in [0.3, 0.4) is 0 Å². The SMILES string of the molecule is Cc1nc2ccccn2c1C(=O)N1CCC(Nc2cc(N(C)C)ncn2)CC1. The maximum absolute atomic E-state index is 13.1. The zero-order chi connectivity index (χ0) is 19.7. The summed E-state index contributed by atoms with van der Waals surface area (Å²) in [6, 6.07) is 8.01. The van der Waals surface area contributed by atoms with Crippen LogP contribution in [-0.2, 0) is 0 Å². The number of anilines is 2. The predicted molar refractivity (Wildman–Crippen MR) is 109 cm³/mol. The standard InChI is InChI=1S/C20H25N7O/c1-14-19(27-9-5-4-6-17(27)23-14)20(28)26-10-7-15(8-11-26)24-16-12-18(25(2)3)22-13-21-16/h4-6,9,12-13,15H,7-8,10-11H2,1-3H3,(H,21,22,24). The molecule has 1 fully saturated rings. The minimum Gasteiger partial charge on any atom is -0.367 e. The minimum absolute atomic E-state index is 0.0478. The molecule has 0 aliphatic carbocycles. The van der Waals surface area contributed by atoms with Crippen LogP contribution in [0.25, 0.3) is 5.65 Å². The van der Waals surface area contributed by atoms with Crippen LogP contribution in [0, 0.1) is 6.92 Å². The Hall–Kier alpha value is -3.16. The number of fused-ring (bicyclic) bond motifs is 1. The van der Waals surface area contributed by atoms with Gasteiger partial charge in [0.1, 0.15) is 29.3 Å². The van der Waals surface area contributed by atoms with Crippen molar-refractivity contribution in [3.63, 3.8) is 0 Å². The molecule has 28 heavy (non-hydrogen) atoms. The molecular weight excluding hydrogens is 354 g/mol. The van der Waals surface area contributed by atoms with E-state index in [0.29, 0.717) is 18.8 Å². The van der Waals surface area contributed by atoms with Gasteiger partial charge in [-0.2, -0.15) is 0 Å². The zero-order valence-electron chi connectivity index (χ0n) is 16.5. The minimum atomic E-state index is 0.0478. The van der Waals surface area contributed by atoms with Crippen LogP contribution in [-0.4, -0.2) is 63.4 Å². The molecule has 0 unspecified atom stereocenters. The summed E-state index contributed by atoms with van der Waals surface area (Å²) >= 11 is 0. The van der Waals surface area contributed by atoms with Crippen LogP contribution in [0.1, 0.15) is 29.0 Å². The van der Waals surface area contributed by atoms with E-state index < -0.39 is 0 Å². The van der Waals surface area contributed by atoms with Crippen molar-refractivity contribution in [3.05, 3.63) is 48.2 Å². The van der Waals surface area contributed by atoms with Gasteiger partial charge in [0.15, 0.2) is 0 Å². The van der Waals surface area contributed by atoms with Gasteiger partial charge in [0.2, 0.25) is 0 Å². The number of likely N-dealkylation sites (tertiary alicyclic amines) is 1. The summed E-state index contributed by atoms with van der Waals surface area (Å²) in [4.78, 5) is 30.0. The highest BCUT2D eigenvalue weighted by molar-refractivity contribution is 5.94. The third-order valence-electron chi connectivity index (χ3n) is 5.15. The van der Waals surface area contributed by atoms with E-state index >= 15 is 0 Å². The summed E-state index contributed by atoms with van der Waals surface area (Å²) in [5.74, 6) is 1.74. The van der Waals surface area contributed by atoms with Crippen LogP contribution < -0.4 is 10.2 Å². The van der Waals surface area contributed by atoms with Crippen molar-refractivity contribution < 1.29 is 4.79 Å². The monoisotopic (exact) mass is 379 g/mol. The Bertz CT molecular complexity index is 989. The van der Waals surface area contributed by atoms with E-state index in [1.807, 2.05) is 65.7 Å². The van der Waals surface area contributed by atoms with Gasteiger partial charge in [-0.1, -0.05) is 6.07 Å². The van der Waals surface area contributed by atoms with Gasteiger partial charge in [-0.15, -0.1) is 0 Å². The Morgan fingerprint density at radius 3 is 2.75 bits per heavy atom. The highest BCUT2D eigenvalue weighted by Gasteiger charge is 2.27. The third-order valence-corrected chi connectivity index (χ3v) is 5.15. The molecule has 0 spiro atoms. The van der Waals surface area contributed by atoms with Crippen molar-refractivity contribution in [2.24, 2.45) is 0 Å². The summed E-state index contributed by atoms with van der Waals surface area (Å²) in [6.45, 7) is 3.31. The fraction of sp³-hybridized carbons (Fsp3) is 0.400. The smallest absolute Gasteiger partial charge is 0.272 e. The number of nitrogens with one attached hydrogen (secondary N) is 1. The quantitative estimate of drug-likeness (QED) is 0.749. The molecule has 3 aromatic heterocycles. The average Bonchev–Trinajstić information content (AvgIpc) is 3.04. The van der Waals surface area contributed by atoms with Gasteiger partial charge in [-0.25, -0.2) is 15.0 Å². The molecule has 1 N–H and O–H groups in total. The number of imidazole rings is 1. The first kappa shape index (κ1) is 18.2. The van der Waals surface area contributed by atoms with Crippen LogP contribution in [0.4, 0.5) is 11.6 Å². The summed E-state index contributed by atoms with van der Waals surface area (Å²) in [5.41, 5.74) is 2.24. The topological polar surface area (TPSA) is 78.7 Å². The van der Waals surface area contributed by atoms with Crippen molar-refractivity contribution in [3.8, 4) is 0 Å². The molecule has 8 heteroatoms. The molecule has 146 valence electrons. The molecule has 3 aromatic rings. The van der Waals surface area contributed by atoms with Gasteiger partial charge < -0.3 is 15.1 Å². The van der Waals surface area contributed by atoms with Crippen LogP contribution in [0.15, 0.2) is 36.8 Å². The third kappa shape index (κ3) is 3.49. The number of carbonyl (C=O) groups excluding carboxylic acids is 1. The summed E-state index contributed by atoms with van der Waals surface area (Å²) in [7, 11) is 3.91. The van der Waals surface area contributed by atoms with Gasteiger partial charge >= 0.3 is 0 Å². The second-order valence-corrected chi connectivity index (χ2v) is 7.34. The molecule has 1 aliphatic heterocycles. The van der Waals surface area contributed by atoms with Gasteiger partial charge in [0.25, 0.3) is 5.91 Å². The number of rotatable bonds is 4. The summed E-state index contributed by atoms with van der Waals surface area (Å²) < 4.78 is 1.88. The average molecular weight is 379 g/mol. The second-order valence-electron chi connectivity index (χ2n) is 7.34. The van der Waals surface area contributed by atoms with Gasteiger partial charge in [-0.05, 0) is 31.9 Å². The predicted octanol–water partition coefficient (Wildman–Crippen LogP) is 2.22. The van der Waals surface area contributed by atoms with Crippen LogP contribution in [0.2, 0.25) is 0 Å². The van der Waals surface area contributed by atoms with Gasteiger partial charge in [0.05, 0.1) is 5.69 Å². The molecule has 1 aliphatic rings. The number of nitrogens with zero attached hydrogens (tertiary/aromatic N) is 6. The molecule has 0 aromatic carbocycles. The molecule has 1 saturated heterocycles. The van der Waals surface area contributed by atoms with E-state index in [9.17, 15) is 4.79 Å². The number of aromatic nitrogens is 4. The van der Waals surface area contributed by atoms with E-state index in [1.165, 1.54) is 0 Å². The maximum Gasteiger partial charge on any atom is 0.272 e. The number of hydrogen-bond donors (Lipinski definition) is 1. The summed E-state index contributed by atoms with van der Waals surface area (Å²) in [5, 5.41) is 3.48. The fourth-order valence-corrected chi connectivity index (χ4v) is 3.63. The number of carbonyl (C=O) groups is 1. The van der Waals surface area contributed by atoms with Crippen LogP contribution >= 0.6 is 0 Å². The van der Waals surface area contributed by atoms with E-state index in [2.05, 4.69) is 20.3 Å². The number of piperidine rings is 1. The van der Waals surface area contributed by atoms with Crippen molar-refractivity contribution in [2.45, 2.75) is 25.8 Å². The number of amides is 1. The van der Waals surface area contributed by atoms with Crippen molar-refractivity contribution >= 4 is 23.2 Å². The van der Waals surface area contributed by atoms with E-state index in [1.54, 1.807) is 6.33 Å². The second kappa shape index (κ2) is 7.46. The molecule has 0 radical (unpaired) electrons.